The zero-order valence-electron chi connectivity index (χ0n) is 9.87. The second-order valence-electron chi connectivity index (χ2n) is 4.73. The van der Waals surface area contributed by atoms with E-state index in [4.69, 9.17) is 11.0 Å². The Morgan fingerprint density at radius 1 is 1.35 bits per heavy atom. The molecule has 1 atom stereocenters. The van der Waals surface area contributed by atoms with E-state index >= 15 is 0 Å². The van der Waals surface area contributed by atoms with E-state index in [1.54, 1.807) is 11.9 Å². The Balaban J connectivity index is 2.48. The topological polar surface area (TPSA) is 53.0 Å². The lowest BCUT2D eigenvalue weighted by molar-refractivity contribution is -0.163. The van der Waals surface area contributed by atoms with Crippen LogP contribution in [0.3, 0.4) is 0 Å². The van der Waals surface area contributed by atoms with Crippen LogP contribution in [0.1, 0.15) is 25.7 Å². The molecule has 0 radical (unpaired) electrons. The van der Waals surface area contributed by atoms with Crippen molar-refractivity contribution in [2.45, 2.75) is 43.9 Å². The molecular weight excluding hydrogens is 231 g/mol. The summed E-state index contributed by atoms with van der Waals surface area (Å²) in [5.41, 5.74) is 5.74. The molecule has 0 aliphatic heterocycles. The minimum atomic E-state index is -4.44. The molecule has 0 spiro atoms. The standard InChI is InChI=1S/C11H18F3N3/c1-17(7-8(6-15)11(12,13)14)10-4-2-9(16)3-5-10/h8-10H,2-5,7,16H2,1H3. The van der Waals surface area contributed by atoms with Crippen LogP contribution in [-0.4, -0.2) is 36.8 Å². The molecular formula is C11H18F3N3. The SMILES string of the molecule is CN(CC(C#N)C(F)(F)F)C1CCC(N)CC1. The molecule has 6 heteroatoms. The van der Waals surface area contributed by atoms with Crippen LogP contribution in [0.2, 0.25) is 0 Å². The van der Waals surface area contributed by atoms with Crippen molar-refractivity contribution in [2.75, 3.05) is 13.6 Å². The first-order valence-corrected chi connectivity index (χ1v) is 5.76. The van der Waals surface area contributed by atoms with Gasteiger partial charge >= 0.3 is 6.18 Å². The van der Waals surface area contributed by atoms with Crippen LogP contribution >= 0.6 is 0 Å². The zero-order chi connectivity index (χ0) is 13.1. The predicted octanol–water partition coefficient (Wildman–Crippen LogP) is 1.89. The van der Waals surface area contributed by atoms with Crippen molar-refractivity contribution in [1.82, 2.24) is 4.90 Å². The van der Waals surface area contributed by atoms with Gasteiger partial charge in [-0.15, -0.1) is 0 Å². The monoisotopic (exact) mass is 249 g/mol. The van der Waals surface area contributed by atoms with Gasteiger partial charge in [-0.2, -0.15) is 18.4 Å². The summed E-state index contributed by atoms with van der Waals surface area (Å²) in [4.78, 5) is 1.65. The lowest BCUT2D eigenvalue weighted by Gasteiger charge is -2.34. The quantitative estimate of drug-likeness (QED) is 0.831. The van der Waals surface area contributed by atoms with E-state index in [0.29, 0.717) is 0 Å². The van der Waals surface area contributed by atoms with Crippen LogP contribution in [0.15, 0.2) is 0 Å². The maximum absolute atomic E-state index is 12.4. The van der Waals surface area contributed by atoms with Crippen LogP contribution in [0.25, 0.3) is 0 Å². The number of hydrogen-bond donors (Lipinski definition) is 1. The third-order valence-electron chi connectivity index (χ3n) is 3.39. The number of alkyl halides is 3. The highest BCUT2D eigenvalue weighted by Gasteiger charge is 2.41. The average Bonchev–Trinajstić information content (AvgIpc) is 2.24. The van der Waals surface area contributed by atoms with Crippen molar-refractivity contribution in [2.24, 2.45) is 11.7 Å². The molecule has 0 saturated heterocycles. The van der Waals surface area contributed by atoms with Crippen LogP contribution in [0.5, 0.6) is 0 Å². The molecule has 0 aromatic rings. The molecule has 1 unspecified atom stereocenters. The highest BCUT2D eigenvalue weighted by molar-refractivity contribution is 4.92. The Morgan fingerprint density at radius 2 is 1.88 bits per heavy atom. The van der Waals surface area contributed by atoms with Gasteiger partial charge in [0.05, 0.1) is 6.07 Å². The summed E-state index contributed by atoms with van der Waals surface area (Å²) in [6.07, 6.45) is -1.12. The Hall–Kier alpha value is -0.800. The fraction of sp³-hybridized carbons (Fsp3) is 0.909. The summed E-state index contributed by atoms with van der Waals surface area (Å²) < 4.78 is 37.3. The largest absolute Gasteiger partial charge is 0.405 e. The van der Waals surface area contributed by atoms with Crippen molar-refractivity contribution >= 4 is 0 Å². The summed E-state index contributed by atoms with van der Waals surface area (Å²) >= 11 is 0. The van der Waals surface area contributed by atoms with Gasteiger partial charge in [0.2, 0.25) is 0 Å². The van der Waals surface area contributed by atoms with Gasteiger partial charge in [0, 0.05) is 18.6 Å². The van der Waals surface area contributed by atoms with E-state index in [2.05, 4.69) is 0 Å². The Bertz CT molecular complexity index is 277. The lowest BCUT2D eigenvalue weighted by Crippen LogP contribution is -2.43. The number of nitrogens with zero attached hydrogens (tertiary/aromatic N) is 2. The van der Waals surface area contributed by atoms with Gasteiger partial charge in [-0.05, 0) is 32.7 Å². The number of halogens is 3. The van der Waals surface area contributed by atoms with E-state index in [1.165, 1.54) is 6.07 Å². The van der Waals surface area contributed by atoms with E-state index in [0.717, 1.165) is 25.7 Å². The van der Waals surface area contributed by atoms with Crippen molar-refractivity contribution in [3.8, 4) is 6.07 Å². The van der Waals surface area contributed by atoms with Crippen LogP contribution < -0.4 is 5.73 Å². The third-order valence-corrected chi connectivity index (χ3v) is 3.39. The molecule has 98 valence electrons. The van der Waals surface area contributed by atoms with Gasteiger partial charge < -0.3 is 10.6 Å². The van der Waals surface area contributed by atoms with Crippen molar-refractivity contribution in [3.05, 3.63) is 0 Å². The Morgan fingerprint density at radius 3 is 2.29 bits per heavy atom. The molecule has 0 heterocycles. The first-order chi connectivity index (χ1) is 7.84. The van der Waals surface area contributed by atoms with E-state index in [1.807, 2.05) is 0 Å². The first-order valence-electron chi connectivity index (χ1n) is 5.76. The van der Waals surface area contributed by atoms with Gasteiger partial charge in [-0.3, -0.25) is 0 Å². The fourth-order valence-corrected chi connectivity index (χ4v) is 2.20. The maximum atomic E-state index is 12.4. The van der Waals surface area contributed by atoms with Crippen LogP contribution in [-0.2, 0) is 0 Å². The molecule has 1 aliphatic rings. The maximum Gasteiger partial charge on any atom is 0.405 e. The summed E-state index contributed by atoms with van der Waals surface area (Å²) in [6.45, 7) is -0.250. The molecule has 3 nitrogen and oxygen atoms in total. The number of hydrogen-bond acceptors (Lipinski definition) is 3. The van der Waals surface area contributed by atoms with Gasteiger partial charge in [-0.25, -0.2) is 0 Å². The summed E-state index contributed by atoms with van der Waals surface area (Å²) in [5, 5.41) is 8.53. The van der Waals surface area contributed by atoms with Crippen LogP contribution in [0, 0.1) is 17.2 Å². The van der Waals surface area contributed by atoms with Crippen molar-refractivity contribution in [1.29, 1.82) is 5.26 Å². The smallest absolute Gasteiger partial charge is 0.328 e. The van der Waals surface area contributed by atoms with Crippen molar-refractivity contribution < 1.29 is 13.2 Å². The Kier molecular flexibility index (Phi) is 4.78. The summed E-state index contributed by atoms with van der Waals surface area (Å²) in [6, 6.07) is 1.62. The molecule has 0 aromatic carbocycles. The minimum Gasteiger partial charge on any atom is -0.328 e. The van der Waals surface area contributed by atoms with Crippen LogP contribution in [0.4, 0.5) is 13.2 Å². The molecule has 0 amide bonds. The van der Waals surface area contributed by atoms with Gasteiger partial charge in [0.15, 0.2) is 5.92 Å². The van der Waals surface area contributed by atoms with E-state index in [-0.39, 0.29) is 18.6 Å². The molecule has 1 saturated carbocycles. The van der Waals surface area contributed by atoms with Gasteiger partial charge in [0.25, 0.3) is 0 Å². The summed E-state index contributed by atoms with van der Waals surface area (Å²) in [7, 11) is 1.65. The molecule has 0 bridgehead atoms. The second-order valence-corrected chi connectivity index (χ2v) is 4.73. The fourth-order valence-electron chi connectivity index (χ4n) is 2.20. The third kappa shape index (κ3) is 4.17. The minimum absolute atomic E-state index is 0.119. The highest BCUT2D eigenvalue weighted by Crippen LogP contribution is 2.28. The predicted molar refractivity (Wildman–Crippen MR) is 58.0 cm³/mol. The molecule has 1 fully saturated rings. The average molecular weight is 249 g/mol. The molecule has 1 rings (SSSR count). The molecule has 2 N–H and O–H groups in total. The van der Waals surface area contributed by atoms with Gasteiger partial charge in [0.1, 0.15) is 0 Å². The van der Waals surface area contributed by atoms with E-state index in [9.17, 15) is 13.2 Å². The molecule has 0 aromatic heterocycles. The van der Waals surface area contributed by atoms with Crippen molar-refractivity contribution in [3.63, 3.8) is 0 Å². The number of nitrogens with two attached hydrogens (primary N) is 1. The lowest BCUT2D eigenvalue weighted by atomic mass is 9.90. The first kappa shape index (κ1) is 14.3. The Labute approximate surface area is 99.4 Å². The zero-order valence-corrected chi connectivity index (χ0v) is 9.87. The second kappa shape index (κ2) is 5.69. The number of rotatable bonds is 3. The normalized spacial score (nSPS) is 27.8. The molecule has 1 aliphatic carbocycles. The van der Waals surface area contributed by atoms with Gasteiger partial charge in [-0.1, -0.05) is 0 Å². The number of nitriles is 1. The van der Waals surface area contributed by atoms with E-state index < -0.39 is 12.1 Å². The summed E-state index contributed by atoms with van der Waals surface area (Å²) in [5.74, 6) is -1.90. The molecule has 17 heavy (non-hydrogen) atoms. The highest BCUT2D eigenvalue weighted by atomic mass is 19.4.